The van der Waals surface area contributed by atoms with Crippen LogP contribution in [-0.4, -0.2) is 17.8 Å². The molecule has 1 aromatic heterocycles. The molecule has 20 heavy (non-hydrogen) atoms. The highest BCUT2D eigenvalue weighted by molar-refractivity contribution is 7.12. The van der Waals surface area contributed by atoms with Crippen molar-refractivity contribution in [1.29, 1.82) is 0 Å². The van der Waals surface area contributed by atoms with E-state index in [4.69, 9.17) is 9.84 Å². The summed E-state index contributed by atoms with van der Waals surface area (Å²) in [5, 5.41) is 11.3. The average molecular weight is 287 g/mol. The maximum absolute atomic E-state index is 11.6. The number of aliphatic hydroxyl groups is 1. The van der Waals surface area contributed by atoms with E-state index >= 15 is 0 Å². The van der Waals surface area contributed by atoms with E-state index < -0.39 is 6.09 Å². The van der Waals surface area contributed by atoms with Gasteiger partial charge in [-0.25, -0.2) is 4.79 Å². The molecule has 5 heteroatoms. The van der Waals surface area contributed by atoms with E-state index in [0.29, 0.717) is 12.3 Å². The molecule has 0 saturated carbocycles. The first-order valence-corrected chi connectivity index (χ1v) is 6.79. The smallest absolute Gasteiger partial charge is 0.410 e. The SMILES string of the molecule is O=C(NCc1ccc(C#CCO)s1)Oc1ccccc1. The molecule has 2 N–H and O–H groups in total. The van der Waals surface area contributed by atoms with Crippen LogP contribution in [-0.2, 0) is 6.54 Å². The monoisotopic (exact) mass is 287 g/mol. The third-order valence-electron chi connectivity index (χ3n) is 2.31. The number of rotatable bonds is 3. The average Bonchev–Trinajstić information content (AvgIpc) is 2.92. The number of carbonyl (C=O) groups is 1. The Kier molecular flexibility index (Phi) is 5.18. The molecule has 0 atom stereocenters. The van der Waals surface area contributed by atoms with Crippen LogP contribution in [0.1, 0.15) is 9.75 Å². The van der Waals surface area contributed by atoms with Gasteiger partial charge in [-0.15, -0.1) is 11.3 Å². The van der Waals surface area contributed by atoms with E-state index in [1.54, 1.807) is 24.3 Å². The Morgan fingerprint density at radius 3 is 2.80 bits per heavy atom. The normalized spacial score (nSPS) is 9.45. The third kappa shape index (κ3) is 4.43. The van der Waals surface area contributed by atoms with E-state index in [1.807, 2.05) is 18.2 Å². The van der Waals surface area contributed by atoms with Crippen molar-refractivity contribution < 1.29 is 14.6 Å². The Labute approximate surface area is 121 Å². The lowest BCUT2D eigenvalue weighted by Crippen LogP contribution is -2.25. The molecule has 4 nitrogen and oxygen atoms in total. The van der Waals surface area contributed by atoms with Gasteiger partial charge in [0, 0.05) is 4.88 Å². The number of thiophene rings is 1. The van der Waals surface area contributed by atoms with Crippen LogP contribution < -0.4 is 10.1 Å². The van der Waals surface area contributed by atoms with Crippen molar-refractivity contribution >= 4 is 17.4 Å². The molecule has 0 saturated heterocycles. The van der Waals surface area contributed by atoms with Crippen LogP contribution in [0, 0.1) is 11.8 Å². The molecular weight excluding hydrogens is 274 g/mol. The molecule has 0 radical (unpaired) electrons. The van der Waals surface area contributed by atoms with Gasteiger partial charge < -0.3 is 15.2 Å². The van der Waals surface area contributed by atoms with Gasteiger partial charge in [0.15, 0.2) is 0 Å². The maximum Gasteiger partial charge on any atom is 0.412 e. The number of benzene rings is 1. The minimum Gasteiger partial charge on any atom is -0.410 e. The molecular formula is C15H13NO3S. The summed E-state index contributed by atoms with van der Waals surface area (Å²) >= 11 is 1.47. The van der Waals surface area contributed by atoms with Crippen LogP contribution in [0.4, 0.5) is 4.79 Å². The molecule has 0 unspecified atom stereocenters. The van der Waals surface area contributed by atoms with Crippen LogP contribution in [0.25, 0.3) is 0 Å². The van der Waals surface area contributed by atoms with Gasteiger partial charge in [-0.3, -0.25) is 0 Å². The Morgan fingerprint density at radius 2 is 2.05 bits per heavy atom. The summed E-state index contributed by atoms with van der Waals surface area (Å²) in [6.45, 7) is 0.228. The van der Waals surface area contributed by atoms with Gasteiger partial charge in [-0.2, -0.15) is 0 Å². The molecule has 0 bridgehead atoms. The van der Waals surface area contributed by atoms with Crippen molar-refractivity contribution in [3.63, 3.8) is 0 Å². The summed E-state index contributed by atoms with van der Waals surface area (Å²) in [6.07, 6.45) is -0.493. The van der Waals surface area contributed by atoms with Crippen molar-refractivity contribution in [2.24, 2.45) is 0 Å². The lowest BCUT2D eigenvalue weighted by Gasteiger charge is -2.04. The summed E-state index contributed by atoms with van der Waals surface area (Å²) in [7, 11) is 0. The number of hydrogen-bond acceptors (Lipinski definition) is 4. The molecule has 0 aliphatic rings. The Bertz CT molecular complexity index is 625. The number of amides is 1. The third-order valence-corrected chi connectivity index (χ3v) is 3.31. The Morgan fingerprint density at radius 1 is 1.25 bits per heavy atom. The summed E-state index contributed by atoms with van der Waals surface area (Å²) in [4.78, 5) is 13.4. The van der Waals surface area contributed by atoms with E-state index in [2.05, 4.69) is 17.2 Å². The van der Waals surface area contributed by atoms with Gasteiger partial charge in [0.05, 0.1) is 11.4 Å². The van der Waals surface area contributed by atoms with Gasteiger partial charge in [0.25, 0.3) is 0 Å². The first-order valence-electron chi connectivity index (χ1n) is 5.97. The van der Waals surface area contributed by atoms with Crippen molar-refractivity contribution in [3.8, 4) is 17.6 Å². The highest BCUT2D eigenvalue weighted by Gasteiger charge is 2.04. The van der Waals surface area contributed by atoms with Crippen molar-refractivity contribution in [1.82, 2.24) is 5.32 Å². The van der Waals surface area contributed by atoms with E-state index in [9.17, 15) is 4.79 Å². The molecule has 102 valence electrons. The summed E-state index contributed by atoms with van der Waals surface area (Å²) in [6, 6.07) is 12.6. The first kappa shape index (κ1) is 14.1. The summed E-state index contributed by atoms with van der Waals surface area (Å²) in [5.41, 5.74) is 0. The topological polar surface area (TPSA) is 58.6 Å². The lowest BCUT2D eigenvalue weighted by molar-refractivity contribution is 0.200. The van der Waals surface area contributed by atoms with Crippen LogP contribution in [0.3, 0.4) is 0 Å². The van der Waals surface area contributed by atoms with Crippen molar-refractivity contribution in [2.75, 3.05) is 6.61 Å². The lowest BCUT2D eigenvalue weighted by atomic mass is 10.3. The molecule has 2 aromatic rings. The quantitative estimate of drug-likeness (QED) is 0.852. The van der Waals surface area contributed by atoms with E-state index in [0.717, 1.165) is 9.75 Å². The zero-order chi connectivity index (χ0) is 14.2. The van der Waals surface area contributed by atoms with Gasteiger partial charge in [0.2, 0.25) is 0 Å². The predicted molar refractivity (Wildman–Crippen MR) is 77.6 cm³/mol. The molecule has 1 aromatic carbocycles. The molecule has 0 aliphatic carbocycles. The molecule has 0 aliphatic heterocycles. The van der Waals surface area contributed by atoms with Crippen LogP contribution in [0.2, 0.25) is 0 Å². The second-order valence-corrected chi connectivity index (χ2v) is 4.95. The molecule has 0 fully saturated rings. The minimum atomic E-state index is -0.493. The van der Waals surface area contributed by atoms with Gasteiger partial charge in [-0.05, 0) is 24.3 Å². The van der Waals surface area contributed by atoms with Crippen molar-refractivity contribution in [3.05, 3.63) is 52.2 Å². The highest BCUT2D eigenvalue weighted by atomic mass is 32.1. The van der Waals surface area contributed by atoms with Gasteiger partial charge in [-0.1, -0.05) is 30.0 Å². The van der Waals surface area contributed by atoms with E-state index in [-0.39, 0.29) is 6.61 Å². The second kappa shape index (κ2) is 7.34. The predicted octanol–water partition coefficient (Wildman–Crippen LogP) is 2.38. The fourth-order valence-electron chi connectivity index (χ4n) is 1.46. The summed E-state index contributed by atoms with van der Waals surface area (Å²) in [5.74, 6) is 5.90. The summed E-state index contributed by atoms with van der Waals surface area (Å²) < 4.78 is 5.10. The number of aliphatic hydroxyl groups excluding tert-OH is 1. The van der Waals surface area contributed by atoms with Crippen molar-refractivity contribution in [2.45, 2.75) is 6.54 Å². The van der Waals surface area contributed by atoms with Crippen LogP contribution in [0.15, 0.2) is 42.5 Å². The first-order chi connectivity index (χ1) is 9.78. The molecule has 2 rings (SSSR count). The maximum atomic E-state index is 11.6. The number of carbonyl (C=O) groups excluding carboxylic acids is 1. The zero-order valence-electron chi connectivity index (χ0n) is 10.6. The van der Waals surface area contributed by atoms with Gasteiger partial charge >= 0.3 is 6.09 Å². The molecule has 1 amide bonds. The molecule has 1 heterocycles. The fourth-order valence-corrected chi connectivity index (χ4v) is 2.28. The largest absolute Gasteiger partial charge is 0.412 e. The van der Waals surface area contributed by atoms with Crippen LogP contribution in [0.5, 0.6) is 5.75 Å². The minimum absolute atomic E-state index is 0.158. The number of hydrogen-bond donors (Lipinski definition) is 2. The Balaban J connectivity index is 1.83. The highest BCUT2D eigenvalue weighted by Crippen LogP contribution is 2.15. The number of nitrogens with one attached hydrogen (secondary N) is 1. The van der Waals surface area contributed by atoms with Crippen LogP contribution >= 0.6 is 11.3 Å². The fraction of sp³-hybridized carbons (Fsp3) is 0.133. The van der Waals surface area contributed by atoms with E-state index in [1.165, 1.54) is 11.3 Å². The van der Waals surface area contributed by atoms with Gasteiger partial charge in [0.1, 0.15) is 12.4 Å². The Hall–Kier alpha value is -2.29. The number of para-hydroxylation sites is 1. The number of ether oxygens (including phenoxy) is 1. The molecule has 0 spiro atoms. The zero-order valence-corrected chi connectivity index (χ0v) is 11.4. The second-order valence-electron chi connectivity index (χ2n) is 3.78. The standard InChI is InChI=1S/C15H13NO3S/c17-10-4-7-13-8-9-14(20-13)11-16-15(18)19-12-5-2-1-3-6-12/h1-3,5-6,8-9,17H,10-11H2,(H,16,18).